The minimum atomic E-state index is -0.0892. The van der Waals surface area contributed by atoms with Gasteiger partial charge in [-0.2, -0.15) is 0 Å². The molecule has 2 nitrogen and oxygen atoms in total. The third-order valence-electron chi connectivity index (χ3n) is 2.61. The minimum absolute atomic E-state index is 0.0892. The lowest BCUT2D eigenvalue weighted by Gasteiger charge is -2.08. The average molecular weight is 304 g/mol. The highest BCUT2D eigenvalue weighted by Crippen LogP contribution is 2.22. The number of carbonyl (C=O) groups excluding carboxylic acids is 1. The van der Waals surface area contributed by atoms with E-state index in [1.807, 2.05) is 50.2 Å². The summed E-state index contributed by atoms with van der Waals surface area (Å²) in [5, 5.41) is 2.90. The molecule has 0 unspecified atom stereocenters. The number of aryl methyl sites for hydroxylation is 2. The number of carbonyl (C=O) groups is 1. The van der Waals surface area contributed by atoms with Gasteiger partial charge >= 0.3 is 0 Å². The Balaban J connectivity index is 2.25. The minimum Gasteiger partial charge on any atom is -0.321 e. The molecule has 0 atom stereocenters. The summed E-state index contributed by atoms with van der Waals surface area (Å²) < 4.78 is 0.878. The Morgan fingerprint density at radius 1 is 1.06 bits per heavy atom. The van der Waals surface area contributed by atoms with E-state index in [1.165, 1.54) is 0 Å². The lowest BCUT2D eigenvalue weighted by atomic mass is 10.1. The van der Waals surface area contributed by atoms with Crippen molar-refractivity contribution in [3.05, 3.63) is 63.6 Å². The van der Waals surface area contributed by atoms with Crippen LogP contribution in [-0.4, -0.2) is 5.91 Å². The van der Waals surface area contributed by atoms with E-state index in [4.69, 9.17) is 0 Å². The van der Waals surface area contributed by atoms with Gasteiger partial charge in [-0.15, -0.1) is 0 Å². The molecular weight excluding hydrogens is 290 g/mol. The van der Waals surface area contributed by atoms with Crippen molar-refractivity contribution in [1.29, 1.82) is 0 Å². The van der Waals surface area contributed by atoms with Crippen LogP contribution in [0.25, 0.3) is 0 Å². The fourth-order valence-corrected chi connectivity index (χ4v) is 2.25. The second kappa shape index (κ2) is 5.36. The summed E-state index contributed by atoms with van der Waals surface area (Å²) in [4.78, 5) is 12.1. The van der Waals surface area contributed by atoms with Gasteiger partial charge in [0, 0.05) is 10.0 Å². The van der Waals surface area contributed by atoms with Crippen LogP contribution in [0.3, 0.4) is 0 Å². The van der Waals surface area contributed by atoms with E-state index in [0.717, 1.165) is 21.3 Å². The molecule has 0 aromatic heterocycles. The summed E-state index contributed by atoms with van der Waals surface area (Å²) >= 11 is 3.41. The van der Waals surface area contributed by atoms with Gasteiger partial charge in [0.25, 0.3) is 5.91 Å². The van der Waals surface area contributed by atoms with Crippen LogP contribution >= 0.6 is 15.9 Å². The number of nitrogens with one attached hydrogen (secondary N) is 1. The first kappa shape index (κ1) is 12.8. The van der Waals surface area contributed by atoms with Gasteiger partial charge in [-0.25, -0.2) is 0 Å². The standard InChI is InChI=1S/C15H14BrNO/c1-10-7-11(2)9-12(8-10)15(18)17-14-6-4-3-5-13(14)16/h3-9H,1-2H3,(H,17,18). The zero-order valence-corrected chi connectivity index (χ0v) is 11.9. The number of hydrogen-bond acceptors (Lipinski definition) is 1. The Kier molecular flexibility index (Phi) is 3.82. The zero-order chi connectivity index (χ0) is 13.1. The molecule has 18 heavy (non-hydrogen) atoms. The maximum atomic E-state index is 12.1. The average Bonchev–Trinajstić information content (AvgIpc) is 2.31. The number of halogens is 1. The molecule has 0 aliphatic rings. The molecule has 0 spiro atoms. The van der Waals surface area contributed by atoms with Gasteiger partial charge in [-0.05, 0) is 54.0 Å². The largest absolute Gasteiger partial charge is 0.321 e. The number of anilines is 1. The van der Waals surface area contributed by atoms with Crippen molar-refractivity contribution < 1.29 is 4.79 Å². The Bertz CT molecular complexity index is 573. The van der Waals surface area contributed by atoms with E-state index >= 15 is 0 Å². The highest BCUT2D eigenvalue weighted by Gasteiger charge is 2.08. The van der Waals surface area contributed by atoms with Crippen LogP contribution in [-0.2, 0) is 0 Å². The molecule has 0 aliphatic carbocycles. The maximum Gasteiger partial charge on any atom is 0.255 e. The molecule has 2 aromatic rings. The SMILES string of the molecule is Cc1cc(C)cc(C(=O)Nc2ccccc2Br)c1. The lowest BCUT2D eigenvalue weighted by Crippen LogP contribution is -2.12. The van der Waals surface area contributed by atoms with Gasteiger partial charge in [0.15, 0.2) is 0 Å². The molecule has 3 heteroatoms. The molecule has 0 bridgehead atoms. The summed E-state index contributed by atoms with van der Waals surface area (Å²) in [5.41, 5.74) is 3.64. The number of hydrogen-bond donors (Lipinski definition) is 1. The van der Waals surface area contributed by atoms with Crippen molar-refractivity contribution in [2.45, 2.75) is 13.8 Å². The maximum absolute atomic E-state index is 12.1. The summed E-state index contributed by atoms with van der Waals surface area (Å²) in [7, 11) is 0. The fraction of sp³-hybridized carbons (Fsp3) is 0.133. The van der Waals surface area contributed by atoms with Gasteiger partial charge in [-0.1, -0.05) is 29.3 Å². The monoisotopic (exact) mass is 303 g/mol. The van der Waals surface area contributed by atoms with E-state index in [9.17, 15) is 4.79 Å². The predicted molar refractivity (Wildman–Crippen MR) is 78.0 cm³/mol. The molecule has 0 heterocycles. The fourth-order valence-electron chi connectivity index (χ4n) is 1.86. The van der Waals surface area contributed by atoms with E-state index in [0.29, 0.717) is 5.56 Å². The first-order valence-corrected chi connectivity index (χ1v) is 6.50. The Hall–Kier alpha value is -1.61. The van der Waals surface area contributed by atoms with Crippen molar-refractivity contribution in [1.82, 2.24) is 0 Å². The van der Waals surface area contributed by atoms with Gasteiger partial charge in [0.1, 0.15) is 0 Å². The molecule has 0 saturated heterocycles. The summed E-state index contributed by atoms with van der Waals surface area (Å²) in [5.74, 6) is -0.0892. The van der Waals surface area contributed by atoms with Gasteiger partial charge in [0.2, 0.25) is 0 Å². The number of rotatable bonds is 2. The smallest absolute Gasteiger partial charge is 0.255 e. The normalized spacial score (nSPS) is 10.2. The summed E-state index contributed by atoms with van der Waals surface area (Å²) in [6, 6.07) is 13.4. The Morgan fingerprint density at radius 3 is 2.28 bits per heavy atom. The first-order valence-electron chi connectivity index (χ1n) is 5.70. The van der Waals surface area contributed by atoms with Crippen molar-refractivity contribution in [2.75, 3.05) is 5.32 Å². The van der Waals surface area contributed by atoms with Crippen LogP contribution in [0.5, 0.6) is 0 Å². The van der Waals surface area contributed by atoms with Crippen molar-refractivity contribution in [2.24, 2.45) is 0 Å². The third kappa shape index (κ3) is 2.99. The second-order valence-electron chi connectivity index (χ2n) is 4.31. The lowest BCUT2D eigenvalue weighted by molar-refractivity contribution is 0.102. The molecule has 0 aliphatic heterocycles. The highest BCUT2D eigenvalue weighted by molar-refractivity contribution is 9.10. The molecule has 0 saturated carbocycles. The van der Waals surface area contributed by atoms with Crippen LogP contribution in [0.2, 0.25) is 0 Å². The highest BCUT2D eigenvalue weighted by atomic mass is 79.9. The van der Waals surface area contributed by atoms with Crippen LogP contribution in [0.1, 0.15) is 21.5 Å². The van der Waals surface area contributed by atoms with Crippen LogP contribution in [0, 0.1) is 13.8 Å². The molecule has 0 fully saturated rings. The van der Waals surface area contributed by atoms with Crippen LogP contribution in [0.15, 0.2) is 46.9 Å². The molecule has 1 amide bonds. The van der Waals surface area contributed by atoms with Gasteiger partial charge in [-0.3, -0.25) is 4.79 Å². The molecule has 92 valence electrons. The van der Waals surface area contributed by atoms with E-state index in [-0.39, 0.29) is 5.91 Å². The van der Waals surface area contributed by atoms with Crippen LogP contribution < -0.4 is 5.32 Å². The zero-order valence-electron chi connectivity index (χ0n) is 10.3. The molecular formula is C15H14BrNO. The Morgan fingerprint density at radius 2 is 1.67 bits per heavy atom. The summed E-state index contributed by atoms with van der Waals surface area (Å²) in [6.45, 7) is 3.98. The van der Waals surface area contributed by atoms with E-state index in [2.05, 4.69) is 27.3 Å². The molecule has 2 rings (SSSR count). The number of para-hydroxylation sites is 1. The quantitative estimate of drug-likeness (QED) is 0.879. The first-order chi connectivity index (χ1) is 8.56. The van der Waals surface area contributed by atoms with Crippen molar-refractivity contribution >= 4 is 27.5 Å². The Labute approximate surface area is 115 Å². The molecule has 1 N–H and O–H groups in total. The number of benzene rings is 2. The molecule has 2 aromatic carbocycles. The van der Waals surface area contributed by atoms with E-state index in [1.54, 1.807) is 0 Å². The van der Waals surface area contributed by atoms with E-state index < -0.39 is 0 Å². The summed E-state index contributed by atoms with van der Waals surface area (Å²) in [6.07, 6.45) is 0. The molecule has 0 radical (unpaired) electrons. The predicted octanol–water partition coefficient (Wildman–Crippen LogP) is 4.32. The number of amides is 1. The second-order valence-corrected chi connectivity index (χ2v) is 5.16. The van der Waals surface area contributed by atoms with Gasteiger partial charge < -0.3 is 5.32 Å². The van der Waals surface area contributed by atoms with Crippen molar-refractivity contribution in [3.8, 4) is 0 Å². The third-order valence-corrected chi connectivity index (χ3v) is 3.30. The topological polar surface area (TPSA) is 29.1 Å². The van der Waals surface area contributed by atoms with Gasteiger partial charge in [0.05, 0.1) is 5.69 Å². The van der Waals surface area contributed by atoms with Crippen LogP contribution in [0.4, 0.5) is 5.69 Å². The van der Waals surface area contributed by atoms with Crippen molar-refractivity contribution in [3.63, 3.8) is 0 Å².